The van der Waals surface area contributed by atoms with Crippen LogP contribution in [0.3, 0.4) is 0 Å². The number of anilines is 1. The number of nitriles is 1. The second kappa shape index (κ2) is 4.64. The molecule has 0 radical (unpaired) electrons. The number of halogens is 1. The smallest absolute Gasteiger partial charge is 0.240 e. The van der Waals surface area contributed by atoms with Crippen molar-refractivity contribution in [1.29, 1.82) is 5.26 Å². The first-order chi connectivity index (χ1) is 6.65. The van der Waals surface area contributed by atoms with E-state index in [1.54, 1.807) is 31.3 Å². The van der Waals surface area contributed by atoms with E-state index in [2.05, 4.69) is 0 Å². The van der Waals surface area contributed by atoms with Crippen LogP contribution in [0.15, 0.2) is 24.3 Å². The highest BCUT2D eigenvalue weighted by Gasteiger charge is 2.09. The van der Waals surface area contributed by atoms with E-state index in [0.717, 1.165) is 0 Å². The Hall–Kier alpha value is -1.53. The minimum absolute atomic E-state index is 0.122. The molecule has 0 aromatic heterocycles. The summed E-state index contributed by atoms with van der Waals surface area (Å²) >= 11 is 5.77. The van der Waals surface area contributed by atoms with Crippen LogP contribution in [-0.2, 0) is 4.79 Å². The molecule has 3 nitrogen and oxygen atoms in total. The second-order valence-corrected chi connectivity index (χ2v) is 3.20. The topological polar surface area (TPSA) is 44.1 Å². The largest absolute Gasteiger partial charge is 0.315 e. The molecule has 0 unspecified atom stereocenters. The van der Waals surface area contributed by atoms with Crippen LogP contribution in [0.25, 0.3) is 0 Å². The third-order valence-electron chi connectivity index (χ3n) is 1.80. The lowest BCUT2D eigenvalue weighted by atomic mass is 10.3. The predicted octanol–water partition coefficient (Wildman–Crippen LogP) is 2.22. The van der Waals surface area contributed by atoms with Gasteiger partial charge in [0.1, 0.15) is 6.42 Å². The maximum absolute atomic E-state index is 11.3. The van der Waals surface area contributed by atoms with E-state index in [0.29, 0.717) is 10.7 Å². The SMILES string of the molecule is CN(C(=O)CC#N)c1cccc(Cl)c1. The second-order valence-electron chi connectivity index (χ2n) is 2.77. The lowest BCUT2D eigenvalue weighted by Crippen LogP contribution is -2.25. The standard InChI is InChI=1S/C10H9ClN2O/c1-13(10(14)5-6-12)9-4-2-3-8(11)7-9/h2-4,7H,5H2,1H3. The minimum atomic E-state index is -0.241. The fourth-order valence-corrected chi connectivity index (χ4v) is 1.20. The summed E-state index contributed by atoms with van der Waals surface area (Å²) in [5.74, 6) is -0.241. The molecular weight excluding hydrogens is 200 g/mol. The molecule has 0 aliphatic heterocycles. The Bertz CT molecular complexity index is 384. The average Bonchev–Trinajstić information content (AvgIpc) is 2.17. The first kappa shape index (κ1) is 10.6. The Morgan fingerprint density at radius 1 is 1.64 bits per heavy atom. The van der Waals surface area contributed by atoms with Crippen molar-refractivity contribution >= 4 is 23.2 Å². The third-order valence-corrected chi connectivity index (χ3v) is 2.03. The van der Waals surface area contributed by atoms with Gasteiger partial charge >= 0.3 is 0 Å². The minimum Gasteiger partial charge on any atom is -0.315 e. The van der Waals surface area contributed by atoms with Gasteiger partial charge in [0.2, 0.25) is 5.91 Å². The fourth-order valence-electron chi connectivity index (χ4n) is 1.01. The number of benzene rings is 1. The molecule has 0 atom stereocenters. The van der Waals surface area contributed by atoms with Crippen molar-refractivity contribution < 1.29 is 4.79 Å². The van der Waals surface area contributed by atoms with Crippen LogP contribution >= 0.6 is 11.6 Å². The molecule has 0 aliphatic rings. The monoisotopic (exact) mass is 208 g/mol. The zero-order chi connectivity index (χ0) is 10.6. The number of amides is 1. The molecule has 14 heavy (non-hydrogen) atoms. The molecule has 0 N–H and O–H groups in total. The van der Waals surface area contributed by atoms with Crippen LogP contribution in [0.4, 0.5) is 5.69 Å². The van der Waals surface area contributed by atoms with Gasteiger partial charge in [-0.05, 0) is 18.2 Å². The number of hydrogen-bond donors (Lipinski definition) is 0. The molecule has 1 amide bonds. The van der Waals surface area contributed by atoms with Crippen molar-refractivity contribution in [3.05, 3.63) is 29.3 Å². The van der Waals surface area contributed by atoms with Crippen LogP contribution in [0.2, 0.25) is 5.02 Å². The summed E-state index contributed by atoms with van der Waals surface area (Å²) < 4.78 is 0. The Labute approximate surface area is 87.5 Å². The molecule has 1 aromatic rings. The Kier molecular flexibility index (Phi) is 3.49. The van der Waals surface area contributed by atoms with Gasteiger partial charge in [-0.3, -0.25) is 4.79 Å². The average molecular weight is 209 g/mol. The summed E-state index contributed by atoms with van der Waals surface area (Å²) in [4.78, 5) is 12.7. The lowest BCUT2D eigenvalue weighted by molar-refractivity contribution is -0.117. The fraction of sp³-hybridized carbons (Fsp3) is 0.200. The van der Waals surface area contributed by atoms with Gasteiger partial charge in [-0.25, -0.2) is 0 Å². The van der Waals surface area contributed by atoms with Crippen LogP contribution in [0.5, 0.6) is 0 Å². The molecule has 1 aromatic carbocycles. The molecular formula is C10H9ClN2O. The first-order valence-electron chi connectivity index (χ1n) is 4.04. The van der Waals surface area contributed by atoms with E-state index < -0.39 is 0 Å². The summed E-state index contributed by atoms with van der Waals surface area (Å²) in [7, 11) is 1.62. The van der Waals surface area contributed by atoms with E-state index in [1.165, 1.54) is 4.90 Å². The highest BCUT2D eigenvalue weighted by atomic mass is 35.5. The zero-order valence-electron chi connectivity index (χ0n) is 7.70. The summed E-state index contributed by atoms with van der Waals surface area (Å²) in [5, 5.41) is 8.93. The van der Waals surface area contributed by atoms with Crippen LogP contribution < -0.4 is 4.90 Å². The lowest BCUT2D eigenvalue weighted by Gasteiger charge is -2.15. The molecule has 1 rings (SSSR count). The first-order valence-corrected chi connectivity index (χ1v) is 4.42. The molecule has 0 saturated heterocycles. The van der Waals surface area contributed by atoms with Crippen molar-refractivity contribution in [3.63, 3.8) is 0 Å². The summed E-state index contributed by atoms with van der Waals surface area (Å²) in [6.45, 7) is 0. The number of hydrogen-bond acceptors (Lipinski definition) is 2. The van der Waals surface area contributed by atoms with Crippen molar-refractivity contribution in [2.24, 2.45) is 0 Å². The van der Waals surface area contributed by atoms with Gasteiger partial charge in [0.15, 0.2) is 0 Å². The molecule has 0 saturated carbocycles. The van der Waals surface area contributed by atoms with E-state index in [-0.39, 0.29) is 12.3 Å². The van der Waals surface area contributed by atoms with Gasteiger partial charge in [0.05, 0.1) is 6.07 Å². The maximum atomic E-state index is 11.3. The van der Waals surface area contributed by atoms with Gasteiger partial charge in [-0.1, -0.05) is 17.7 Å². The van der Waals surface area contributed by atoms with Gasteiger partial charge in [0.25, 0.3) is 0 Å². The molecule has 0 spiro atoms. The van der Waals surface area contributed by atoms with Crippen molar-refractivity contribution in [3.8, 4) is 6.07 Å². The summed E-state index contributed by atoms with van der Waals surface area (Å²) in [6.07, 6.45) is -0.122. The third kappa shape index (κ3) is 2.48. The number of carbonyl (C=O) groups is 1. The normalized spacial score (nSPS) is 9.21. The van der Waals surface area contributed by atoms with E-state index in [9.17, 15) is 4.79 Å². The van der Waals surface area contributed by atoms with Crippen molar-refractivity contribution in [2.75, 3.05) is 11.9 Å². The quantitative estimate of drug-likeness (QED) is 0.748. The van der Waals surface area contributed by atoms with Crippen molar-refractivity contribution in [1.82, 2.24) is 0 Å². The molecule has 4 heteroatoms. The van der Waals surface area contributed by atoms with E-state index >= 15 is 0 Å². The molecule has 0 aliphatic carbocycles. The van der Waals surface area contributed by atoms with Crippen LogP contribution in [0, 0.1) is 11.3 Å². The number of carbonyl (C=O) groups excluding carboxylic acids is 1. The van der Waals surface area contributed by atoms with Gasteiger partial charge in [0, 0.05) is 17.8 Å². The highest BCUT2D eigenvalue weighted by molar-refractivity contribution is 6.30. The molecule has 0 heterocycles. The van der Waals surface area contributed by atoms with E-state index in [4.69, 9.17) is 16.9 Å². The zero-order valence-corrected chi connectivity index (χ0v) is 8.45. The predicted molar refractivity (Wildman–Crippen MR) is 55.1 cm³/mol. The molecule has 0 bridgehead atoms. The molecule has 72 valence electrons. The Balaban J connectivity index is 2.85. The van der Waals surface area contributed by atoms with Gasteiger partial charge in [-0.15, -0.1) is 0 Å². The summed E-state index contributed by atoms with van der Waals surface area (Å²) in [5.41, 5.74) is 0.692. The Morgan fingerprint density at radius 3 is 2.93 bits per heavy atom. The Morgan fingerprint density at radius 2 is 2.36 bits per heavy atom. The number of nitrogens with zero attached hydrogens (tertiary/aromatic N) is 2. The van der Waals surface area contributed by atoms with Gasteiger partial charge < -0.3 is 4.90 Å². The van der Waals surface area contributed by atoms with Crippen LogP contribution in [-0.4, -0.2) is 13.0 Å². The highest BCUT2D eigenvalue weighted by Crippen LogP contribution is 2.18. The summed E-state index contributed by atoms with van der Waals surface area (Å²) in [6, 6.07) is 8.74. The number of rotatable bonds is 2. The maximum Gasteiger partial charge on any atom is 0.240 e. The molecule has 0 fully saturated rings. The van der Waals surface area contributed by atoms with Crippen LogP contribution in [0.1, 0.15) is 6.42 Å². The van der Waals surface area contributed by atoms with Crippen molar-refractivity contribution in [2.45, 2.75) is 6.42 Å². The van der Waals surface area contributed by atoms with E-state index in [1.807, 2.05) is 6.07 Å². The van der Waals surface area contributed by atoms with Gasteiger partial charge in [-0.2, -0.15) is 5.26 Å².